The summed E-state index contributed by atoms with van der Waals surface area (Å²) in [5.41, 5.74) is 1.51. The predicted molar refractivity (Wildman–Crippen MR) is 71.7 cm³/mol. The predicted octanol–water partition coefficient (Wildman–Crippen LogP) is 1.35. The lowest BCUT2D eigenvalue weighted by Gasteiger charge is -2.27. The highest BCUT2D eigenvalue weighted by Crippen LogP contribution is 2.31. The van der Waals surface area contributed by atoms with Gasteiger partial charge >= 0.3 is 11.9 Å². The molecule has 0 aliphatic carbocycles. The van der Waals surface area contributed by atoms with Crippen LogP contribution in [-0.4, -0.2) is 37.4 Å². The average Bonchev–Trinajstić information content (AvgIpc) is 2.88. The first-order valence-corrected chi connectivity index (χ1v) is 6.42. The summed E-state index contributed by atoms with van der Waals surface area (Å²) in [5, 5.41) is 6.06. The molecule has 0 fully saturated rings. The zero-order valence-electron chi connectivity index (χ0n) is 11.0. The van der Waals surface area contributed by atoms with E-state index < -0.39 is 5.97 Å². The minimum absolute atomic E-state index is 0.0124. The summed E-state index contributed by atoms with van der Waals surface area (Å²) < 4.78 is 9.92. The molecule has 6 heteroatoms. The van der Waals surface area contributed by atoms with E-state index in [4.69, 9.17) is 9.47 Å². The van der Waals surface area contributed by atoms with Gasteiger partial charge in [-0.25, -0.2) is 9.59 Å². The first-order valence-electron chi connectivity index (χ1n) is 6.42. The van der Waals surface area contributed by atoms with Crippen molar-refractivity contribution in [1.29, 1.82) is 0 Å². The third-order valence-corrected chi connectivity index (χ3v) is 3.48. The van der Waals surface area contributed by atoms with Gasteiger partial charge in [-0.3, -0.25) is 5.01 Å². The van der Waals surface area contributed by atoms with Gasteiger partial charge in [-0.15, -0.1) is 0 Å². The first kappa shape index (κ1) is 12.7. The van der Waals surface area contributed by atoms with E-state index in [1.807, 2.05) is 6.07 Å². The van der Waals surface area contributed by atoms with Crippen molar-refractivity contribution in [3.05, 3.63) is 29.8 Å². The van der Waals surface area contributed by atoms with E-state index in [1.165, 1.54) is 7.11 Å². The lowest BCUT2D eigenvalue weighted by Crippen LogP contribution is -2.32. The molecule has 0 radical (unpaired) electrons. The van der Waals surface area contributed by atoms with Gasteiger partial charge in [-0.1, -0.05) is 12.1 Å². The second kappa shape index (κ2) is 4.96. The Morgan fingerprint density at radius 1 is 1.45 bits per heavy atom. The number of methoxy groups -OCH3 is 1. The maximum atomic E-state index is 11.9. The summed E-state index contributed by atoms with van der Waals surface area (Å²) in [6.45, 7) is 0.318. The molecular weight excluding hydrogens is 260 g/mol. The molecule has 1 atom stereocenters. The summed E-state index contributed by atoms with van der Waals surface area (Å²) in [7, 11) is 1.33. The van der Waals surface area contributed by atoms with Crippen LogP contribution in [-0.2, 0) is 14.3 Å². The Morgan fingerprint density at radius 3 is 3.05 bits per heavy atom. The third kappa shape index (κ3) is 2.03. The van der Waals surface area contributed by atoms with Crippen LogP contribution in [0.15, 0.2) is 29.4 Å². The number of benzene rings is 1. The van der Waals surface area contributed by atoms with Crippen LogP contribution in [0.5, 0.6) is 0 Å². The second-order valence-corrected chi connectivity index (χ2v) is 4.68. The fourth-order valence-electron chi connectivity index (χ4n) is 2.49. The molecule has 1 aromatic carbocycles. The molecule has 0 bridgehead atoms. The number of carbonyl (C=O) groups excluding carboxylic acids is 2. The SMILES string of the molecule is COC(=O)C1=NN2c3ccccc3C(=O)OCC[C@H]2C1. The molecule has 0 saturated heterocycles. The van der Waals surface area contributed by atoms with Crippen molar-refractivity contribution in [2.45, 2.75) is 18.9 Å². The van der Waals surface area contributed by atoms with Gasteiger partial charge in [0.2, 0.25) is 0 Å². The minimum atomic E-state index is -0.429. The number of nitrogens with zero attached hydrogens (tertiary/aromatic N) is 2. The summed E-state index contributed by atoms with van der Waals surface area (Å²) in [6.07, 6.45) is 1.13. The molecule has 0 unspecified atom stereocenters. The monoisotopic (exact) mass is 274 g/mol. The molecule has 1 aromatic rings. The molecule has 20 heavy (non-hydrogen) atoms. The zero-order valence-corrected chi connectivity index (χ0v) is 11.0. The van der Waals surface area contributed by atoms with Crippen LogP contribution in [0.4, 0.5) is 5.69 Å². The van der Waals surface area contributed by atoms with Crippen LogP contribution in [0.3, 0.4) is 0 Å². The summed E-state index contributed by atoms with van der Waals surface area (Å²) in [5.74, 6) is -0.790. The highest BCUT2D eigenvalue weighted by atomic mass is 16.5. The standard InChI is InChI=1S/C14H14N2O4/c1-19-14(18)11-8-9-6-7-20-13(17)10-4-2-3-5-12(10)16(9)15-11/h2-5,9H,6-8H2,1H3/t9-/m0/s1. The summed E-state index contributed by atoms with van der Waals surface area (Å²) in [4.78, 5) is 23.6. The number of hydrogen-bond donors (Lipinski definition) is 0. The van der Waals surface area contributed by atoms with Gasteiger partial charge in [-0.2, -0.15) is 5.10 Å². The molecule has 2 heterocycles. The molecule has 104 valence electrons. The van der Waals surface area contributed by atoms with E-state index in [-0.39, 0.29) is 12.0 Å². The fourth-order valence-corrected chi connectivity index (χ4v) is 2.49. The maximum Gasteiger partial charge on any atom is 0.354 e. The van der Waals surface area contributed by atoms with E-state index >= 15 is 0 Å². The number of cyclic esters (lactones) is 1. The Bertz CT molecular complexity index is 597. The van der Waals surface area contributed by atoms with Crippen LogP contribution < -0.4 is 5.01 Å². The average molecular weight is 274 g/mol. The highest BCUT2D eigenvalue weighted by Gasteiger charge is 2.35. The topological polar surface area (TPSA) is 68.2 Å². The number of esters is 2. The molecule has 0 spiro atoms. The Labute approximate surface area is 116 Å². The normalized spacial score (nSPS) is 21.1. The molecule has 0 aromatic heterocycles. The molecule has 6 nitrogen and oxygen atoms in total. The number of rotatable bonds is 1. The van der Waals surface area contributed by atoms with Gasteiger partial charge in [-0.05, 0) is 12.1 Å². The lowest BCUT2D eigenvalue weighted by atomic mass is 10.1. The number of hydrogen-bond acceptors (Lipinski definition) is 6. The quantitative estimate of drug-likeness (QED) is 0.723. The van der Waals surface area contributed by atoms with E-state index in [2.05, 4.69) is 5.10 Å². The Morgan fingerprint density at radius 2 is 2.25 bits per heavy atom. The Kier molecular flexibility index (Phi) is 3.14. The van der Waals surface area contributed by atoms with Crippen LogP contribution in [0.1, 0.15) is 23.2 Å². The van der Waals surface area contributed by atoms with E-state index in [0.29, 0.717) is 36.4 Å². The number of hydrazone groups is 1. The van der Waals surface area contributed by atoms with Crippen molar-refractivity contribution >= 4 is 23.3 Å². The highest BCUT2D eigenvalue weighted by molar-refractivity contribution is 6.37. The number of carbonyl (C=O) groups is 2. The van der Waals surface area contributed by atoms with Crippen molar-refractivity contribution < 1.29 is 19.1 Å². The van der Waals surface area contributed by atoms with Gasteiger partial charge in [0.15, 0.2) is 0 Å². The summed E-state index contributed by atoms with van der Waals surface area (Å²) in [6, 6.07) is 7.12. The van der Waals surface area contributed by atoms with E-state index in [0.717, 1.165) is 0 Å². The number of ether oxygens (including phenoxy) is 2. The van der Waals surface area contributed by atoms with Crippen molar-refractivity contribution in [3.63, 3.8) is 0 Å². The number of fused-ring (bicyclic) bond motifs is 3. The summed E-state index contributed by atoms with van der Waals surface area (Å²) >= 11 is 0. The van der Waals surface area contributed by atoms with Crippen molar-refractivity contribution in [2.24, 2.45) is 5.10 Å². The third-order valence-electron chi connectivity index (χ3n) is 3.48. The van der Waals surface area contributed by atoms with Gasteiger partial charge in [0.1, 0.15) is 5.71 Å². The maximum absolute atomic E-state index is 11.9. The van der Waals surface area contributed by atoms with Crippen molar-refractivity contribution in [2.75, 3.05) is 18.7 Å². The van der Waals surface area contributed by atoms with E-state index in [1.54, 1.807) is 23.2 Å². The lowest BCUT2D eigenvalue weighted by molar-refractivity contribution is -0.132. The minimum Gasteiger partial charge on any atom is -0.464 e. The van der Waals surface area contributed by atoms with Gasteiger partial charge in [0, 0.05) is 12.8 Å². The van der Waals surface area contributed by atoms with Crippen LogP contribution >= 0.6 is 0 Å². The van der Waals surface area contributed by atoms with Crippen LogP contribution in [0.25, 0.3) is 0 Å². The molecule has 0 N–H and O–H groups in total. The molecule has 3 rings (SSSR count). The molecule has 2 aliphatic heterocycles. The largest absolute Gasteiger partial charge is 0.464 e. The van der Waals surface area contributed by atoms with Crippen molar-refractivity contribution in [1.82, 2.24) is 0 Å². The molecule has 2 aliphatic rings. The number of anilines is 1. The van der Waals surface area contributed by atoms with Gasteiger partial charge in [0.05, 0.1) is 31.0 Å². The zero-order chi connectivity index (χ0) is 14.1. The first-order chi connectivity index (χ1) is 9.70. The number of para-hydroxylation sites is 1. The smallest absolute Gasteiger partial charge is 0.354 e. The van der Waals surface area contributed by atoms with Gasteiger partial charge in [0.25, 0.3) is 0 Å². The van der Waals surface area contributed by atoms with Crippen molar-refractivity contribution in [3.8, 4) is 0 Å². The fraction of sp³-hybridized carbons (Fsp3) is 0.357. The molecular formula is C14H14N2O4. The van der Waals surface area contributed by atoms with Crippen LogP contribution in [0, 0.1) is 0 Å². The Hall–Kier alpha value is -2.37. The second-order valence-electron chi connectivity index (χ2n) is 4.68. The molecule has 0 saturated carbocycles. The Balaban J connectivity index is 2.04. The van der Waals surface area contributed by atoms with Gasteiger partial charge < -0.3 is 9.47 Å². The molecule has 0 amide bonds. The van der Waals surface area contributed by atoms with E-state index in [9.17, 15) is 9.59 Å². The van der Waals surface area contributed by atoms with Crippen LogP contribution in [0.2, 0.25) is 0 Å².